The van der Waals surface area contributed by atoms with Crippen molar-refractivity contribution in [3.8, 4) is 16.5 Å². The van der Waals surface area contributed by atoms with Crippen LogP contribution in [0.2, 0.25) is 0 Å². The Morgan fingerprint density at radius 3 is 2.63 bits per heavy atom. The fourth-order valence-electron chi connectivity index (χ4n) is 5.23. The summed E-state index contributed by atoms with van der Waals surface area (Å²) >= 11 is 1.21. The molecule has 3 amide bonds. The number of hydrogen-bond donors (Lipinski definition) is 4. The second kappa shape index (κ2) is 16.4. The van der Waals surface area contributed by atoms with Crippen LogP contribution in [0.5, 0.6) is 10.8 Å². The maximum absolute atomic E-state index is 13.0. The number of nitrogens with zero attached hydrogens (tertiary/aromatic N) is 3. The molecule has 0 unspecified atom stereocenters. The van der Waals surface area contributed by atoms with Gasteiger partial charge < -0.3 is 29.8 Å². The predicted molar refractivity (Wildman–Crippen MR) is 180 cm³/mol. The molecule has 11 nitrogen and oxygen atoms in total. The van der Waals surface area contributed by atoms with E-state index in [1.54, 1.807) is 37.6 Å². The summed E-state index contributed by atoms with van der Waals surface area (Å²) in [5.41, 5.74) is 4.07. The Kier molecular flexibility index (Phi) is 11.8. The zero-order valence-corrected chi connectivity index (χ0v) is 27.1. The lowest BCUT2D eigenvalue weighted by atomic mass is 10.1. The molecular weight excluding hydrogens is 604 g/mol. The van der Waals surface area contributed by atoms with Crippen molar-refractivity contribution in [1.29, 1.82) is 0 Å². The number of likely N-dealkylation sites (tertiary alicyclic amines) is 1. The summed E-state index contributed by atoms with van der Waals surface area (Å²) in [6.45, 7) is 5.70. The van der Waals surface area contributed by atoms with Crippen molar-refractivity contribution in [2.75, 3.05) is 37.4 Å². The van der Waals surface area contributed by atoms with E-state index in [1.807, 2.05) is 29.0 Å². The molecule has 0 spiro atoms. The number of aliphatic hydroxyl groups excluding tert-OH is 1. The van der Waals surface area contributed by atoms with E-state index in [1.165, 1.54) is 16.9 Å². The number of nitrogens with one attached hydrogen (secondary N) is 3. The summed E-state index contributed by atoms with van der Waals surface area (Å²) in [5.74, 6) is 0.298. The lowest BCUT2D eigenvalue weighted by molar-refractivity contribution is 0.0792. The first-order chi connectivity index (χ1) is 22.4. The summed E-state index contributed by atoms with van der Waals surface area (Å²) < 4.78 is 13.5. The lowest BCUT2D eigenvalue weighted by Crippen LogP contribution is -2.35. The Bertz CT molecular complexity index is 1580. The van der Waals surface area contributed by atoms with Crippen LogP contribution in [0, 0.1) is 0 Å². The Labute approximate surface area is 273 Å². The quantitative estimate of drug-likeness (QED) is 0.117. The highest BCUT2D eigenvalue weighted by Crippen LogP contribution is 2.34. The SMILES string of the molecule is CCCCCNC(=O)Nc1ccc(Oc2cnc(NC(=O)c3ccc(-n4ccc(CN5CCC(O)CC5)c4)cc3)s2)c(COC)c1. The maximum Gasteiger partial charge on any atom is 0.319 e. The number of unbranched alkanes of at least 4 members (excludes halogenated alkanes) is 2. The van der Waals surface area contributed by atoms with E-state index in [9.17, 15) is 14.7 Å². The number of hydrogen-bond acceptors (Lipinski definition) is 8. The molecule has 4 aromatic rings. The van der Waals surface area contributed by atoms with E-state index < -0.39 is 0 Å². The molecule has 244 valence electrons. The number of piperidine rings is 1. The standard InChI is InChI=1S/C34H42N6O5S/c1-3-4-5-15-35-33(43)37-27-8-11-30(26(19-27)23-44-2)45-31-20-36-34(46-31)38-32(42)25-6-9-28(10-7-25)40-18-12-24(22-40)21-39-16-13-29(41)14-17-39/h6-12,18-20,22,29,41H,3-5,13-17,21,23H2,1-2H3,(H2,35,37,43)(H,36,38,42). The minimum atomic E-state index is -0.267. The number of ether oxygens (including phenoxy) is 2. The number of urea groups is 1. The van der Waals surface area contributed by atoms with Gasteiger partial charge in [-0.1, -0.05) is 31.1 Å². The normalized spacial score (nSPS) is 13.8. The summed E-state index contributed by atoms with van der Waals surface area (Å²) in [7, 11) is 1.59. The highest BCUT2D eigenvalue weighted by Gasteiger charge is 2.18. The van der Waals surface area contributed by atoms with Crippen LogP contribution in [-0.2, 0) is 17.9 Å². The fraction of sp³-hybridized carbons (Fsp3) is 0.382. The van der Waals surface area contributed by atoms with E-state index in [-0.39, 0.29) is 24.6 Å². The minimum absolute atomic E-state index is 0.176. The van der Waals surface area contributed by atoms with E-state index in [4.69, 9.17) is 9.47 Å². The number of anilines is 2. The summed E-state index contributed by atoms with van der Waals surface area (Å²) in [6.07, 6.45) is 10.3. The van der Waals surface area contributed by atoms with Crippen LogP contribution in [0.3, 0.4) is 0 Å². The molecule has 1 fully saturated rings. The van der Waals surface area contributed by atoms with Crippen LogP contribution in [0.15, 0.2) is 67.1 Å². The zero-order valence-electron chi connectivity index (χ0n) is 26.3. The van der Waals surface area contributed by atoms with E-state index in [0.717, 1.165) is 63.0 Å². The molecule has 0 saturated carbocycles. The van der Waals surface area contributed by atoms with Crippen LogP contribution >= 0.6 is 11.3 Å². The summed E-state index contributed by atoms with van der Waals surface area (Å²) in [6, 6.07) is 14.6. The van der Waals surface area contributed by atoms with Gasteiger partial charge in [0.15, 0.2) is 5.13 Å². The van der Waals surface area contributed by atoms with Gasteiger partial charge in [0.1, 0.15) is 5.75 Å². The van der Waals surface area contributed by atoms with Crippen LogP contribution in [0.1, 0.15) is 60.5 Å². The number of methoxy groups -OCH3 is 1. The number of aromatic nitrogens is 2. The molecule has 0 atom stereocenters. The van der Waals surface area contributed by atoms with E-state index in [2.05, 4.69) is 45.0 Å². The van der Waals surface area contributed by atoms with Crippen LogP contribution in [-0.4, -0.2) is 64.3 Å². The van der Waals surface area contributed by atoms with E-state index in [0.29, 0.717) is 33.7 Å². The second-order valence-electron chi connectivity index (χ2n) is 11.4. The number of benzene rings is 2. The Balaban J connectivity index is 1.14. The van der Waals surface area contributed by atoms with Crippen molar-refractivity contribution in [3.63, 3.8) is 0 Å². The molecule has 2 aromatic heterocycles. The molecule has 12 heteroatoms. The molecule has 4 N–H and O–H groups in total. The Hall–Kier alpha value is -4.23. The smallest absolute Gasteiger partial charge is 0.319 e. The number of aliphatic hydroxyl groups is 1. The molecule has 0 bridgehead atoms. The van der Waals surface area contributed by atoms with Gasteiger partial charge in [-0.05, 0) is 73.4 Å². The van der Waals surface area contributed by atoms with Gasteiger partial charge in [0.25, 0.3) is 5.91 Å². The van der Waals surface area contributed by atoms with Crippen molar-refractivity contribution in [2.24, 2.45) is 0 Å². The van der Waals surface area contributed by atoms with Gasteiger partial charge in [-0.25, -0.2) is 9.78 Å². The first-order valence-corrected chi connectivity index (χ1v) is 16.5. The molecule has 1 aliphatic rings. The van der Waals surface area contributed by atoms with Gasteiger partial charge >= 0.3 is 6.03 Å². The molecule has 3 heterocycles. The van der Waals surface area contributed by atoms with Gasteiger partial charge in [-0.15, -0.1) is 0 Å². The van der Waals surface area contributed by atoms with Gasteiger partial charge in [-0.3, -0.25) is 15.0 Å². The Morgan fingerprint density at radius 2 is 1.87 bits per heavy atom. The third-order valence-corrected chi connectivity index (χ3v) is 8.54. The molecule has 0 aliphatic carbocycles. The third-order valence-electron chi connectivity index (χ3n) is 7.74. The first kappa shape index (κ1) is 33.1. The predicted octanol–water partition coefficient (Wildman–Crippen LogP) is 6.39. The maximum atomic E-state index is 13.0. The largest absolute Gasteiger partial charge is 0.445 e. The summed E-state index contributed by atoms with van der Waals surface area (Å²) in [4.78, 5) is 31.9. The average molecular weight is 647 g/mol. The van der Waals surface area contributed by atoms with Crippen molar-refractivity contribution in [2.45, 2.75) is 58.3 Å². The molecule has 0 radical (unpaired) electrons. The zero-order chi connectivity index (χ0) is 32.3. The third kappa shape index (κ3) is 9.39. The van der Waals surface area contributed by atoms with Crippen molar-refractivity contribution < 1.29 is 24.2 Å². The van der Waals surface area contributed by atoms with Crippen molar-refractivity contribution >= 4 is 34.1 Å². The molecule has 1 saturated heterocycles. The number of thiazole rings is 1. The first-order valence-electron chi connectivity index (χ1n) is 15.7. The highest BCUT2D eigenvalue weighted by atomic mass is 32.1. The van der Waals surface area contributed by atoms with Crippen LogP contribution in [0.25, 0.3) is 5.69 Å². The number of amides is 3. The molecular formula is C34H42N6O5S. The lowest BCUT2D eigenvalue weighted by Gasteiger charge is -2.29. The Morgan fingerprint density at radius 1 is 1.07 bits per heavy atom. The molecule has 2 aromatic carbocycles. The number of carbonyl (C=O) groups is 2. The number of rotatable bonds is 14. The monoisotopic (exact) mass is 646 g/mol. The van der Waals surface area contributed by atoms with Gasteiger partial charge in [0.05, 0.1) is 18.9 Å². The van der Waals surface area contributed by atoms with Crippen molar-refractivity contribution in [3.05, 3.63) is 83.8 Å². The molecule has 1 aliphatic heterocycles. The molecule has 46 heavy (non-hydrogen) atoms. The van der Waals surface area contributed by atoms with Gasteiger partial charge in [-0.2, -0.15) is 0 Å². The topological polar surface area (TPSA) is 130 Å². The number of carbonyl (C=O) groups excluding carboxylic acids is 2. The van der Waals surface area contributed by atoms with Crippen LogP contribution < -0.4 is 20.7 Å². The van der Waals surface area contributed by atoms with Gasteiger partial charge in [0.2, 0.25) is 5.06 Å². The van der Waals surface area contributed by atoms with Crippen molar-refractivity contribution in [1.82, 2.24) is 19.8 Å². The van der Waals surface area contributed by atoms with Crippen LogP contribution in [0.4, 0.5) is 15.6 Å². The molecule has 5 rings (SSSR count). The van der Waals surface area contributed by atoms with E-state index >= 15 is 0 Å². The van der Waals surface area contributed by atoms with Gasteiger partial charge in [0, 0.05) is 68.2 Å². The second-order valence-corrected chi connectivity index (χ2v) is 12.4. The fourth-order valence-corrected chi connectivity index (χ4v) is 5.91. The highest BCUT2D eigenvalue weighted by molar-refractivity contribution is 7.17. The summed E-state index contributed by atoms with van der Waals surface area (Å²) in [5, 5.41) is 19.2. The minimum Gasteiger partial charge on any atom is -0.445 e. The average Bonchev–Trinajstić information content (AvgIpc) is 3.71.